The summed E-state index contributed by atoms with van der Waals surface area (Å²) in [6, 6.07) is 2.59. The van der Waals surface area contributed by atoms with Crippen molar-refractivity contribution in [1.29, 1.82) is 0 Å². The summed E-state index contributed by atoms with van der Waals surface area (Å²) in [5, 5.41) is 7.55. The van der Waals surface area contributed by atoms with Crippen LogP contribution >= 0.6 is 0 Å². The van der Waals surface area contributed by atoms with E-state index in [1.54, 1.807) is 0 Å². The Kier molecular flexibility index (Phi) is 2.56. The van der Waals surface area contributed by atoms with Gasteiger partial charge in [0.05, 0.1) is 5.69 Å². The fraction of sp³-hybridized carbons (Fsp3) is 0.615. The van der Waals surface area contributed by atoms with Crippen molar-refractivity contribution in [2.45, 2.75) is 38.6 Å². The zero-order chi connectivity index (χ0) is 11.0. The number of hydrogen-bond donors (Lipinski definition) is 1. The Bertz CT molecular complexity index is 408. The van der Waals surface area contributed by atoms with Crippen LogP contribution in [-0.4, -0.2) is 17.7 Å². The first-order valence-corrected chi connectivity index (χ1v) is 6.21. The third kappa shape index (κ3) is 1.80. The SMILES string of the molecule is Cc1cc(C2=CC3NCCCC3CC2)on1. The number of nitrogens with zero attached hydrogens (tertiary/aromatic N) is 1. The summed E-state index contributed by atoms with van der Waals surface area (Å²) in [7, 11) is 0. The van der Waals surface area contributed by atoms with Crippen LogP contribution in [0.2, 0.25) is 0 Å². The maximum Gasteiger partial charge on any atom is 0.162 e. The number of rotatable bonds is 1. The van der Waals surface area contributed by atoms with Gasteiger partial charge in [-0.15, -0.1) is 0 Å². The van der Waals surface area contributed by atoms with Gasteiger partial charge in [0.2, 0.25) is 0 Å². The third-order valence-corrected chi connectivity index (χ3v) is 3.75. The van der Waals surface area contributed by atoms with Gasteiger partial charge in [-0.1, -0.05) is 11.2 Å². The van der Waals surface area contributed by atoms with Crippen LogP contribution in [0.1, 0.15) is 37.1 Å². The molecular formula is C13H18N2O. The van der Waals surface area contributed by atoms with Gasteiger partial charge in [-0.2, -0.15) is 0 Å². The molecule has 0 aromatic carbocycles. The summed E-state index contributed by atoms with van der Waals surface area (Å²) < 4.78 is 5.34. The minimum absolute atomic E-state index is 0.558. The number of aromatic nitrogens is 1. The Balaban J connectivity index is 1.84. The lowest BCUT2D eigenvalue weighted by Gasteiger charge is -2.34. The molecule has 1 N–H and O–H groups in total. The fourth-order valence-corrected chi connectivity index (χ4v) is 2.86. The molecule has 16 heavy (non-hydrogen) atoms. The summed E-state index contributed by atoms with van der Waals surface area (Å²) in [4.78, 5) is 0. The maximum atomic E-state index is 5.34. The Morgan fingerprint density at radius 2 is 2.38 bits per heavy atom. The summed E-state index contributed by atoms with van der Waals surface area (Å²) >= 11 is 0. The molecule has 1 aromatic heterocycles. The van der Waals surface area contributed by atoms with Crippen LogP contribution in [0.15, 0.2) is 16.7 Å². The molecular weight excluding hydrogens is 200 g/mol. The van der Waals surface area contributed by atoms with Crippen LogP contribution < -0.4 is 5.32 Å². The monoisotopic (exact) mass is 218 g/mol. The lowest BCUT2D eigenvalue weighted by Crippen LogP contribution is -2.41. The molecule has 2 atom stereocenters. The Hall–Kier alpha value is -1.09. The molecule has 2 aliphatic rings. The van der Waals surface area contributed by atoms with Gasteiger partial charge in [-0.05, 0) is 50.6 Å². The van der Waals surface area contributed by atoms with Gasteiger partial charge < -0.3 is 9.84 Å². The minimum atomic E-state index is 0.558. The quantitative estimate of drug-likeness (QED) is 0.787. The molecule has 1 fully saturated rings. The van der Waals surface area contributed by atoms with Gasteiger partial charge >= 0.3 is 0 Å². The standard InChI is InChI=1S/C13H18N2O/c1-9-7-13(16-15-9)11-5-4-10-3-2-6-14-12(10)8-11/h7-8,10,12,14H,2-6H2,1H3. The number of piperidine rings is 1. The first-order chi connectivity index (χ1) is 7.83. The van der Waals surface area contributed by atoms with Gasteiger partial charge in [0.15, 0.2) is 5.76 Å². The van der Waals surface area contributed by atoms with Gasteiger partial charge in [-0.25, -0.2) is 0 Å². The largest absolute Gasteiger partial charge is 0.356 e. The van der Waals surface area contributed by atoms with E-state index in [0.29, 0.717) is 6.04 Å². The maximum absolute atomic E-state index is 5.34. The summed E-state index contributed by atoms with van der Waals surface area (Å²) in [5.74, 6) is 1.80. The average Bonchev–Trinajstić information content (AvgIpc) is 2.75. The molecule has 1 saturated heterocycles. The van der Waals surface area contributed by atoms with Crippen LogP contribution in [0.25, 0.3) is 5.57 Å². The zero-order valence-electron chi connectivity index (χ0n) is 9.70. The van der Waals surface area contributed by atoms with Gasteiger partial charge in [0.1, 0.15) is 0 Å². The van der Waals surface area contributed by atoms with Crippen molar-refractivity contribution in [2.24, 2.45) is 5.92 Å². The molecule has 3 heteroatoms. The molecule has 1 aliphatic heterocycles. The highest BCUT2D eigenvalue weighted by molar-refractivity contribution is 5.63. The second kappa shape index (κ2) is 4.06. The van der Waals surface area contributed by atoms with Gasteiger partial charge in [-0.3, -0.25) is 0 Å². The number of aryl methyl sites for hydroxylation is 1. The van der Waals surface area contributed by atoms with Gasteiger partial charge in [0, 0.05) is 12.1 Å². The molecule has 0 radical (unpaired) electrons. The van der Waals surface area contributed by atoms with E-state index in [1.807, 2.05) is 13.0 Å². The van der Waals surface area contributed by atoms with E-state index in [2.05, 4.69) is 16.5 Å². The van der Waals surface area contributed by atoms with E-state index >= 15 is 0 Å². The summed E-state index contributed by atoms with van der Waals surface area (Å²) in [6.07, 6.45) is 7.47. The third-order valence-electron chi connectivity index (χ3n) is 3.75. The number of fused-ring (bicyclic) bond motifs is 1. The Labute approximate surface area is 95.9 Å². The number of hydrogen-bond acceptors (Lipinski definition) is 3. The molecule has 0 saturated carbocycles. The van der Waals surface area contributed by atoms with Crippen molar-refractivity contribution in [2.75, 3.05) is 6.54 Å². The Morgan fingerprint density at radius 1 is 1.44 bits per heavy atom. The molecule has 2 heterocycles. The van der Waals surface area contributed by atoms with Crippen molar-refractivity contribution in [3.63, 3.8) is 0 Å². The first kappa shape index (κ1) is 10.1. The van der Waals surface area contributed by atoms with Crippen molar-refractivity contribution in [3.8, 4) is 0 Å². The fourth-order valence-electron chi connectivity index (χ4n) is 2.86. The molecule has 3 rings (SSSR count). The second-order valence-electron chi connectivity index (χ2n) is 4.95. The topological polar surface area (TPSA) is 38.1 Å². The van der Waals surface area contributed by atoms with Gasteiger partial charge in [0.25, 0.3) is 0 Å². The molecule has 2 unspecified atom stereocenters. The molecule has 0 amide bonds. The normalized spacial score (nSPS) is 29.7. The molecule has 86 valence electrons. The molecule has 0 spiro atoms. The summed E-state index contributed by atoms with van der Waals surface area (Å²) in [6.45, 7) is 3.12. The van der Waals surface area contributed by atoms with E-state index in [9.17, 15) is 0 Å². The lowest BCUT2D eigenvalue weighted by atomic mass is 9.80. The predicted molar refractivity (Wildman–Crippen MR) is 63.0 cm³/mol. The van der Waals surface area contributed by atoms with E-state index in [1.165, 1.54) is 24.8 Å². The number of nitrogens with one attached hydrogen (secondary N) is 1. The number of allylic oxidation sites excluding steroid dienone is 1. The van der Waals surface area contributed by atoms with E-state index in [0.717, 1.165) is 30.3 Å². The predicted octanol–water partition coefficient (Wildman–Crippen LogP) is 2.53. The zero-order valence-corrected chi connectivity index (χ0v) is 9.70. The van der Waals surface area contributed by atoms with Crippen LogP contribution in [0.3, 0.4) is 0 Å². The van der Waals surface area contributed by atoms with Crippen molar-refractivity contribution >= 4 is 5.57 Å². The average molecular weight is 218 g/mol. The highest BCUT2D eigenvalue weighted by atomic mass is 16.5. The van der Waals surface area contributed by atoms with E-state index < -0.39 is 0 Å². The van der Waals surface area contributed by atoms with E-state index in [-0.39, 0.29) is 0 Å². The first-order valence-electron chi connectivity index (χ1n) is 6.21. The summed E-state index contributed by atoms with van der Waals surface area (Å²) in [5.41, 5.74) is 2.30. The molecule has 1 aromatic rings. The van der Waals surface area contributed by atoms with Crippen LogP contribution in [0.5, 0.6) is 0 Å². The van der Waals surface area contributed by atoms with E-state index in [4.69, 9.17) is 4.52 Å². The van der Waals surface area contributed by atoms with Crippen LogP contribution in [-0.2, 0) is 0 Å². The highest BCUT2D eigenvalue weighted by Crippen LogP contribution is 2.34. The Morgan fingerprint density at radius 3 is 3.19 bits per heavy atom. The van der Waals surface area contributed by atoms with Crippen molar-refractivity contribution < 1.29 is 4.52 Å². The second-order valence-corrected chi connectivity index (χ2v) is 4.95. The smallest absolute Gasteiger partial charge is 0.162 e. The highest BCUT2D eigenvalue weighted by Gasteiger charge is 2.28. The molecule has 3 nitrogen and oxygen atoms in total. The van der Waals surface area contributed by atoms with Crippen LogP contribution in [0.4, 0.5) is 0 Å². The lowest BCUT2D eigenvalue weighted by molar-refractivity contribution is 0.296. The minimum Gasteiger partial charge on any atom is -0.356 e. The van der Waals surface area contributed by atoms with Crippen molar-refractivity contribution in [1.82, 2.24) is 10.5 Å². The molecule has 0 bridgehead atoms. The van der Waals surface area contributed by atoms with Crippen molar-refractivity contribution in [3.05, 3.63) is 23.6 Å². The molecule has 1 aliphatic carbocycles. The van der Waals surface area contributed by atoms with Crippen LogP contribution in [0, 0.1) is 12.8 Å².